The summed E-state index contributed by atoms with van der Waals surface area (Å²) in [6.07, 6.45) is 2.19. The number of aromatic nitrogens is 1. The van der Waals surface area contributed by atoms with E-state index in [0.717, 1.165) is 10.9 Å². The minimum Gasteiger partial charge on any atom is -0.493 e. The maximum atomic E-state index is 12.2. The molecule has 2 aromatic carbocycles. The second kappa shape index (κ2) is 8.85. The number of amides is 2. The summed E-state index contributed by atoms with van der Waals surface area (Å²) in [5, 5.41) is 6.12. The van der Waals surface area contributed by atoms with E-state index in [-0.39, 0.29) is 0 Å². The average Bonchev–Trinajstić information content (AvgIpc) is 2.73. The number of nitrogens with one attached hydrogen (secondary N) is 2. The minimum absolute atomic E-state index is 0.315. The number of pyridine rings is 1. The fourth-order valence-corrected chi connectivity index (χ4v) is 2.82. The first-order valence-corrected chi connectivity index (χ1v) is 8.76. The molecule has 7 heteroatoms. The van der Waals surface area contributed by atoms with Crippen LogP contribution in [-0.4, -0.2) is 37.6 Å². The van der Waals surface area contributed by atoms with Gasteiger partial charge in [-0.2, -0.15) is 0 Å². The van der Waals surface area contributed by atoms with Gasteiger partial charge in [0.2, 0.25) is 0 Å². The van der Waals surface area contributed by atoms with Gasteiger partial charge in [0.1, 0.15) is 0 Å². The first-order valence-electron chi connectivity index (χ1n) is 8.76. The first kappa shape index (κ1) is 19.2. The molecule has 0 saturated heterocycles. The number of benzene rings is 2. The largest absolute Gasteiger partial charge is 0.493 e. The molecular weight excluding hydrogens is 358 g/mol. The summed E-state index contributed by atoms with van der Waals surface area (Å²) in [5.41, 5.74) is 2.09. The van der Waals surface area contributed by atoms with Crippen LogP contribution in [0.1, 0.15) is 5.56 Å². The second-order valence-corrected chi connectivity index (χ2v) is 6.03. The van der Waals surface area contributed by atoms with Crippen LogP contribution >= 0.6 is 0 Å². The van der Waals surface area contributed by atoms with E-state index < -0.39 is 11.8 Å². The predicted octanol–water partition coefficient (Wildman–Crippen LogP) is 2.55. The van der Waals surface area contributed by atoms with Crippen molar-refractivity contribution in [1.82, 2.24) is 10.3 Å². The standard InChI is InChI=1S/C21H21N3O4/c1-27-17-9-8-14(13-18(17)28-2)10-12-23-20(25)21(26)24-16-7-3-5-15-6-4-11-22-19(15)16/h3-9,11,13H,10,12H2,1-2H3,(H,23,25)(H,24,26). The quantitative estimate of drug-likeness (QED) is 0.643. The van der Waals surface area contributed by atoms with Crippen molar-refractivity contribution in [3.8, 4) is 11.5 Å². The Morgan fingerprint density at radius 2 is 1.75 bits per heavy atom. The summed E-state index contributed by atoms with van der Waals surface area (Å²) >= 11 is 0. The van der Waals surface area contributed by atoms with Gasteiger partial charge in [-0.05, 0) is 36.2 Å². The summed E-state index contributed by atoms with van der Waals surface area (Å²) in [5.74, 6) is -0.176. The first-order chi connectivity index (χ1) is 13.6. The number of methoxy groups -OCH3 is 2. The summed E-state index contributed by atoms with van der Waals surface area (Å²) in [4.78, 5) is 28.6. The van der Waals surface area contributed by atoms with Gasteiger partial charge in [0, 0.05) is 18.1 Å². The highest BCUT2D eigenvalue weighted by atomic mass is 16.5. The molecule has 0 bridgehead atoms. The Morgan fingerprint density at radius 1 is 0.964 bits per heavy atom. The van der Waals surface area contributed by atoms with Crippen LogP contribution in [-0.2, 0) is 16.0 Å². The number of hydrogen-bond acceptors (Lipinski definition) is 5. The van der Waals surface area contributed by atoms with E-state index in [0.29, 0.717) is 35.7 Å². The average molecular weight is 379 g/mol. The molecule has 0 aliphatic rings. The molecule has 28 heavy (non-hydrogen) atoms. The Labute approximate surface area is 162 Å². The summed E-state index contributed by atoms with van der Waals surface area (Å²) in [7, 11) is 3.14. The highest BCUT2D eigenvalue weighted by Gasteiger charge is 2.15. The lowest BCUT2D eigenvalue weighted by atomic mass is 10.1. The summed E-state index contributed by atoms with van der Waals surface area (Å²) in [6.45, 7) is 0.315. The maximum absolute atomic E-state index is 12.2. The molecule has 0 saturated carbocycles. The molecular formula is C21H21N3O4. The van der Waals surface area contributed by atoms with Crippen molar-refractivity contribution in [2.75, 3.05) is 26.1 Å². The summed E-state index contributed by atoms with van der Waals surface area (Å²) in [6, 6.07) is 14.6. The van der Waals surface area contributed by atoms with Crippen LogP contribution in [0.2, 0.25) is 0 Å². The molecule has 0 aliphatic heterocycles. The van der Waals surface area contributed by atoms with Crippen LogP contribution in [0.15, 0.2) is 54.7 Å². The van der Waals surface area contributed by atoms with Gasteiger partial charge < -0.3 is 20.1 Å². The Bertz CT molecular complexity index is 999. The Balaban J connectivity index is 1.57. The number of rotatable bonds is 6. The topological polar surface area (TPSA) is 89.5 Å². The van der Waals surface area contributed by atoms with Gasteiger partial charge in [0.15, 0.2) is 11.5 Å². The Kier molecular flexibility index (Phi) is 6.06. The highest BCUT2D eigenvalue weighted by molar-refractivity contribution is 6.40. The van der Waals surface area contributed by atoms with Gasteiger partial charge >= 0.3 is 11.8 Å². The van der Waals surface area contributed by atoms with E-state index in [1.165, 1.54) is 0 Å². The Hall–Kier alpha value is -3.61. The molecule has 2 amide bonds. The van der Waals surface area contributed by atoms with Gasteiger partial charge in [0.05, 0.1) is 25.4 Å². The molecule has 1 heterocycles. The third-order valence-electron chi connectivity index (χ3n) is 4.23. The monoisotopic (exact) mass is 379 g/mol. The van der Waals surface area contributed by atoms with Crippen LogP contribution in [0.5, 0.6) is 11.5 Å². The third-order valence-corrected chi connectivity index (χ3v) is 4.23. The van der Waals surface area contributed by atoms with Crippen LogP contribution in [0.25, 0.3) is 10.9 Å². The van der Waals surface area contributed by atoms with E-state index in [1.807, 2.05) is 30.3 Å². The lowest BCUT2D eigenvalue weighted by molar-refractivity contribution is -0.136. The van der Waals surface area contributed by atoms with Crippen molar-refractivity contribution >= 4 is 28.4 Å². The zero-order valence-electron chi connectivity index (χ0n) is 15.7. The molecule has 3 aromatic rings. The van der Waals surface area contributed by atoms with Crippen LogP contribution < -0.4 is 20.1 Å². The third kappa shape index (κ3) is 4.37. The fraction of sp³-hybridized carbons (Fsp3) is 0.190. The fourth-order valence-electron chi connectivity index (χ4n) is 2.82. The Morgan fingerprint density at radius 3 is 2.54 bits per heavy atom. The van der Waals surface area contributed by atoms with Crippen molar-refractivity contribution in [2.45, 2.75) is 6.42 Å². The van der Waals surface area contributed by atoms with Gasteiger partial charge in [0.25, 0.3) is 0 Å². The van der Waals surface area contributed by atoms with E-state index in [1.54, 1.807) is 38.6 Å². The van der Waals surface area contributed by atoms with Crippen molar-refractivity contribution in [3.63, 3.8) is 0 Å². The number of carbonyl (C=O) groups excluding carboxylic acids is 2. The normalized spacial score (nSPS) is 10.4. The molecule has 1 aromatic heterocycles. The molecule has 0 atom stereocenters. The van der Waals surface area contributed by atoms with Gasteiger partial charge in [-0.15, -0.1) is 0 Å². The maximum Gasteiger partial charge on any atom is 0.313 e. The van der Waals surface area contributed by atoms with E-state index in [9.17, 15) is 9.59 Å². The molecule has 2 N–H and O–H groups in total. The van der Waals surface area contributed by atoms with Crippen molar-refractivity contribution in [2.24, 2.45) is 0 Å². The van der Waals surface area contributed by atoms with Crippen LogP contribution in [0, 0.1) is 0 Å². The highest BCUT2D eigenvalue weighted by Crippen LogP contribution is 2.27. The van der Waals surface area contributed by atoms with Gasteiger partial charge in [-0.1, -0.05) is 24.3 Å². The summed E-state index contributed by atoms with van der Waals surface area (Å²) < 4.78 is 10.5. The molecule has 0 radical (unpaired) electrons. The van der Waals surface area contributed by atoms with E-state index >= 15 is 0 Å². The van der Waals surface area contributed by atoms with Gasteiger partial charge in [-0.25, -0.2) is 0 Å². The number of nitrogens with zero attached hydrogens (tertiary/aromatic N) is 1. The molecule has 7 nitrogen and oxygen atoms in total. The van der Waals surface area contributed by atoms with Crippen molar-refractivity contribution in [1.29, 1.82) is 0 Å². The predicted molar refractivity (Wildman–Crippen MR) is 107 cm³/mol. The van der Waals surface area contributed by atoms with E-state index in [4.69, 9.17) is 9.47 Å². The number of fused-ring (bicyclic) bond motifs is 1. The number of ether oxygens (including phenoxy) is 2. The van der Waals surface area contributed by atoms with Crippen LogP contribution in [0.4, 0.5) is 5.69 Å². The zero-order valence-corrected chi connectivity index (χ0v) is 15.7. The van der Waals surface area contributed by atoms with Crippen LogP contribution in [0.3, 0.4) is 0 Å². The second-order valence-electron chi connectivity index (χ2n) is 6.03. The van der Waals surface area contributed by atoms with Crippen molar-refractivity contribution in [3.05, 3.63) is 60.3 Å². The number of anilines is 1. The molecule has 0 aliphatic carbocycles. The molecule has 3 rings (SSSR count). The molecule has 0 fully saturated rings. The lowest BCUT2D eigenvalue weighted by Crippen LogP contribution is -2.36. The molecule has 144 valence electrons. The SMILES string of the molecule is COc1ccc(CCNC(=O)C(=O)Nc2cccc3cccnc23)cc1OC. The number of hydrogen-bond donors (Lipinski definition) is 2. The number of para-hydroxylation sites is 1. The van der Waals surface area contributed by atoms with E-state index in [2.05, 4.69) is 15.6 Å². The smallest absolute Gasteiger partial charge is 0.313 e. The van der Waals surface area contributed by atoms with Gasteiger partial charge in [-0.3, -0.25) is 14.6 Å². The molecule has 0 unspecified atom stereocenters. The van der Waals surface area contributed by atoms with Crippen molar-refractivity contribution < 1.29 is 19.1 Å². The lowest BCUT2D eigenvalue weighted by Gasteiger charge is -2.10. The number of carbonyl (C=O) groups is 2. The zero-order chi connectivity index (χ0) is 19.9. The minimum atomic E-state index is -0.731. The molecule has 0 spiro atoms.